The van der Waals surface area contributed by atoms with Gasteiger partial charge in [0.1, 0.15) is 9.96 Å². The summed E-state index contributed by atoms with van der Waals surface area (Å²) < 4.78 is 32.1. The first-order valence-corrected chi connectivity index (χ1v) is 8.52. The van der Waals surface area contributed by atoms with Crippen LogP contribution < -0.4 is 14.8 Å². The number of rotatable bonds is 4. The number of fused-ring (bicyclic) bond motifs is 1. The molecular weight excluding hydrogens is 312 g/mol. The summed E-state index contributed by atoms with van der Waals surface area (Å²) in [6.07, 6.45) is -0.894. The molecule has 6 nitrogen and oxygen atoms in total. The fourth-order valence-electron chi connectivity index (χ4n) is 1.90. The Morgan fingerprint density at radius 2 is 2.05 bits per heavy atom. The topological polar surface area (TPSA) is 84.5 Å². The second-order valence-corrected chi connectivity index (χ2v) is 7.32. The number of thiophene rings is 1. The van der Waals surface area contributed by atoms with Crippen LogP contribution in [-0.4, -0.2) is 27.0 Å². The van der Waals surface area contributed by atoms with E-state index in [4.69, 9.17) is 4.74 Å². The van der Waals surface area contributed by atoms with Crippen molar-refractivity contribution in [2.45, 2.75) is 10.3 Å². The number of hydrogen-bond acceptors (Lipinski definition) is 5. The molecule has 1 atom stereocenters. The van der Waals surface area contributed by atoms with Crippen LogP contribution in [-0.2, 0) is 14.8 Å². The van der Waals surface area contributed by atoms with Crippen molar-refractivity contribution < 1.29 is 17.9 Å². The van der Waals surface area contributed by atoms with Gasteiger partial charge in [-0.25, -0.2) is 13.1 Å². The molecule has 1 aromatic carbocycles. The molecule has 3 rings (SSSR count). The van der Waals surface area contributed by atoms with Gasteiger partial charge in [0.2, 0.25) is 10.0 Å². The first kappa shape index (κ1) is 14.1. The van der Waals surface area contributed by atoms with Crippen LogP contribution in [0.15, 0.2) is 46.0 Å². The Bertz CT molecular complexity index is 756. The number of benzene rings is 1. The summed E-state index contributed by atoms with van der Waals surface area (Å²) in [7, 11) is -3.61. The van der Waals surface area contributed by atoms with Crippen LogP contribution in [0.5, 0.6) is 5.75 Å². The van der Waals surface area contributed by atoms with Crippen LogP contribution in [0.1, 0.15) is 0 Å². The van der Waals surface area contributed by atoms with Gasteiger partial charge in [-0.15, -0.1) is 11.3 Å². The van der Waals surface area contributed by atoms with Crippen molar-refractivity contribution in [3.63, 3.8) is 0 Å². The first-order valence-electron chi connectivity index (χ1n) is 6.16. The zero-order valence-corrected chi connectivity index (χ0v) is 12.4. The lowest BCUT2D eigenvalue weighted by Crippen LogP contribution is -2.45. The third-order valence-electron chi connectivity index (χ3n) is 2.93. The number of amides is 1. The van der Waals surface area contributed by atoms with E-state index in [2.05, 4.69) is 10.0 Å². The molecule has 110 valence electrons. The Balaban J connectivity index is 1.71. The molecule has 2 heterocycles. The van der Waals surface area contributed by atoms with Gasteiger partial charge >= 0.3 is 0 Å². The van der Waals surface area contributed by atoms with Gasteiger partial charge in [0, 0.05) is 0 Å². The molecule has 1 aliphatic heterocycles. The number of carbonyl (C=O) groups excluding carboxylic acids is 1. The molecule has 2 N–H and O–H groups in total. The number of ether oxygens (including phenoxy) is 1. The highest BCUT2D eigenvalue weighted by Crippen LogP contribution is 2.28. The number of carbonyl (C=O) groups is 1. The number of nitrogens with one attached hydrogen (secondary N) is 2. The zero-order chi connectivity index (χ0) is 14.9. The summed E-state index contributed by atoms with van der Waals surface area (Å²) >= 11 is 1.11. The quantitative estimate of drug-likeness (QED) is 0.891. The summed E-state index contributed by atoms with van der Waals surface area (Å²) in [4.78, 5) is 11.9. The van der Waals surface area contributed by atoms with E-state index in [0.717, 1.165) is 11.3 Å². The lowest BCUT2D eigenvalue weighted by Gasteiger charge is -2.25. The third kappa shape index (κ3) is 2.92. The largest absolute Gasteiger partial charge is 0.477 e. The fraction of sp³-hybridized carbons (Fsp3) is 0.154. The van der Waals surface area contributed by atoms with Crippen LogP contribution >= 0.6 is 11.3 Å². The van der Waals surface area contributed by atoms with Crippen molar-refractivity contribution in [3.8, 4) is 5.75 Å². The summed E-state index contributed by atoms with van der Waals surface area (Å²) in [5.74, 6) is 0.153. The molecule has 0 aliphatic carbocycles. The summed E-state index contributed by atoms with van der Waals surface area (Å²) in [6.45, 7) is -0.125. The summed E-state index contributed by atoms with van der Waals surface area (Å²) in [6, 6.07) is 10.2. The fourth-order valence-corrected chi connectivity index (χ4v) is 3.97. The zero-order valence-electron chi connectivity index (χ0n) is 10.8. The summed E-state index contributed by atoms with van der Waals surface area (Å²) in [5.41, 5.74) is 0.583. The van der Waals surface area contributed by atoms with E-state index in [-0.39, 0.29) is 16.7 Å². The average molecular weight is 324 g/mol. The Morgan fingerprint density at radius 3 is 2.81 bits per heavy atom. The molecule has 8 heteroatoms. The number of para-hydroxylation sites is 2. The van der Waals surface area contributed by atoms with E-state index >= 15 is 0 Å². The Morgan fingerprint density at radius 1 is 1.24 bits per heavy atom. The van der Waals surface area contributed by atoms with E-state index in [9.17, 15) is 13.2 Å². The highest BCUT2D eigenvalue weighted by molar-refractivity contribution is 7.91. The standard InChI is InChI=1S/C13H12N2O4S2/c16-13-11(19-10-5-2-1-4-9(10)15-13)8-14-21(17,18)12-6-3-7-20-12/h1-7,11,14H,8H2,(H,15,16). The second kappa shape index (κ2) is 5.47. The van der Waals surface area contributed by atoms with Crippen molar-refractivity contribution in [2.24, 2.45) is 0 Å². The number of anilines is 1. The maximum Gasteiger partial charge on any atom is 0.266 e. The SMILES string of the molecule is O=C1Nc2ccccc2OC1CNS(=O)(=O)c1cccs1. The van der Waals surface area contributed by atoms with E-state index in [1.165, 1.54) is 6.07 Å². The van der Waals surface area contributed by atoms with Gasteiger partial charge in [0.25, 0.3) is 5.91 Å². The molecule has 0 radical (unpaired) electrons. The smallest absolute Gasteiger partial charge is 0.266 e. The molecule has 2 aromatic rings. The minimum atomic E-state index is -3.61. The highest BCUT2D eigenvalue weighted by atomic mass is 32.2. The van der Waals surface area contributed by atoms with E-state index in [0.29, 0.717) is 11.4 Å². The lowest BCUT2D eigenvalue weighted by molar-refractivity contribution is -0.123. The van der Waals surface area contributed by atoms with E-state index < -0.39 is 16.1 Å². The molecule has 0 saturated heterocycles. The molecule has 0 spiro atoms. The van der Waals surface area contributed by atoms with E-state index in [1.54, 1.807) is 35.7 Å². The predicted molar refractivity (Wildman–Crippen MR) is 79.0 cm³/mol. The Labute approximate surface area is 125 Å². The maximum absolute atomic E-state index is 12.0. The van der Waals surface area contributed by atoms with Crippen molar-refractivity contribution in [1.82, 2.24) is 4.72 Å². The minimum Gasteiger partial charge on any atom is -0.477 e. The number of hydrogen-bond donors (Lipinski definition) is 2. The molecule has 21 heavy (non-hydrogen) atoms. The monoisotopic (exact) mass is 324 g/mol. The van der Waals surface area contributed by atoms with Crippen molar-refractivity contribution >= 4 is 33.0 Å². The molecule has 1 aliphatic rings. The van der Waals surface area contributed by atoms with E-state index in [1.807, 2.05) is 0 Å². The van der Waals surface area contributed by atoms with Gasteiger partial charge in [-0.3, -0.25) is 4.79 Å². The van der Waals surface area contributed by atoms with Crippen LogP contribution in [0.3, 0.4) is 0 Å². The molecule has 1 unspecified atom stereocenters. The van der Waals surface area contributed by atoms with Gasteiger partial charge in [0.15, 0.2) is 6.10 Å². The van der Waals surface area contributed by atoms with Crippen LogP contribution in [0, 0.1) is 0 Å². The number of sulfonamides is 1. The maximum atomic E-state index is 12.0. The van der Waals surface area contributed by atoms with Gasteiger partial charge in [-0.2, -0.15) is 0 Å². The second-order valence-electron chi connectivity index (χ2n) is 4.38. The Hall–Kier alpha value is -1.90. The van der Waals surface area contributed by atoms with Crippen LogP contribution in [0.4, 0.5) is 5.69 Å². The molecule has 0 saturated carbocycles. The third-order valence-corrected chi connectivity index (χ3v) is 5.75. The minimum absolute atomic E-state index is 0.125. The molecule has 1 aromatic heterocycles. The summed E-state index contributed by atoms with van der Waals surface area (Å²) in [5, 5.41) is 4.36. The van der Waals surface area contributed by atoms with Gasteiger partial charge in [-0.1, -0.05) is 18.2 Å². The van der Waals surface area contributed by atoms with Crippen molar-refractivity contribution in [1.29, 1.82) is 0 Å². The average Bonchev–Trinajstić information content (AvgIpc) is 3.00. The molecule has 0 bridgehead atoms. The van der Waals surface area contributed by atoms with Gasteiger partial charge in [-0.05, 0) is 23.6 Å². The normalized spacial score (nSPS) is 17.7. The van der Waals surface area contributed by atoms with Gasteiger partial charge in [0.05, 0.1) is 12.2 Å². The molecule has 0 fully saturated rings. The van der Waals surface area contributed by atoms with Crippen molar-refractivity contribution in [2.75, 3.05) is 11.9 Å². The Kier molecular flexibility index (Phi) is 3.66. The van der Waals surface area contributed by atoms with Crippen molar-refractivity contribution in [3.05, 3.63) is 41.8 Å². The van der Waals surface area contributed by atoms with Gasteiger partial charge < -0.3 is 10.1 Å². The molecular formula is C13H12N2O4S2. The van der Waals surface area contributed by atoms with Crippen LogP contribution in [0.2, 0.25) is 0 Å². The predicted octanol–water partition coefficient (Wildman–Crippen LogP) is 1.43. The van der Waals surface area contributed by atoms with Crippen LogP contribution in [0.25, 0.3) is 0 Å². The lowest BCUT2D eigenvalue weighted by atomic mass is 10.2. The highest BCUT2D eigenvalue weighted by Gasteiger charge is 2.29. The first-order chi connectivity index (χ1) is 10.1. The molecule has 1 amide bonds.